The van der Waals surface area contributed by atoms with Gasteiger partial charge in [0, 0.05) is 13.0 Å². The Morgan fingerprint density at radius 1 is 1.00 bits per heavy atom. The first kappa shape index (κ1) is 16.4. The molecule has 0 unspecified atom stereocenters. The second-order valence-corrected chi connectivity index (χ2v) is 4.54. The molecule has 0 radical (unpaired) electrons. The van der Waals surface area contributed by atoms with Gasteiger partial charge in [0.2, 0.25) is 5.91 Å². The first-order chi connectivity index (χ1) is 8.24. The lowest BCUT2D eigenvalue weighted by Crippen LogP contribution is -2.29. The Morgan fingerprint density at radius 2 is 1.71 bits per heavy atom. The highest BCUT2D eigenvalue weighted by atomic mass is 16.1. The van der Waals surface area contributed by atoms with Gasteiger partial charge in [0.05, 0.1) is 0 Å². The van der Waals surface area contributed by atoms with Crippen molar-refractivity contribution in [2.75, 3.05) is 26.2 Å². The van der Waals surface area contributed by atoms with Gasteiger partial charge in [-0.15, -0.1) is 0 Å². The largest absolute Gasteiger partial charge is 0.356 e. The number of nitrogens with zero attached hydrogens (tertiary/aromatic N) is 1. The second-order valence-electron chi connectivity index (χ2n) is 4.54. The molecule has 0 aliphatic carbocycles. The minimum atomic E-state index is 0.223. The van der Waals surface area contributed by atoms with E-state index in [1.165, 1.54) is 19.3 Å². The van der Waals surface area contributed by atoms with Crippen LogP contribution in [-0.2, 0) is 4.79 Å². The van der Waals surface area contributed by atoms with Crippen LogP contribution in [0, 0.1) is 0 Å². The third-order valence-corrected chi connectivity index (χ3v) is 3.13. The number of carbonyl (C=O) groups excluding carboxylic acids is 1. The predicted molar refractivity (Wildman–Crippen MR) is 74.2 cm³/mol. The molecule has 17 heavy (non-hydrogen) atoms. The lowest BCUT2D eigenvalue weighted by Gasteiger charge is -2.17. The van der Waals surface area contributed by atoms with Crippen LogP contribution in [0.15, 0.2) is 0 Å². The van der Waals surface area contributed by atoms with Gasteiger partial charge in [0.25, 0.3) is 0 Å². The van der Waals surface area contributed by atoms with Gasteiger partial charge in [-0.25, -0.2) is 0 Å². The molecular weight excluding hydrogens is 212 g/mol. The third kappa shape index (κ3) is 10.3. The number of hydrogen-bond acceptors (Lipinski definition) is 2. The zero-order valence-electron chi connectivity index (χ0n) is 11.9. The van der Waals surface area contributed by atoms with Crippen molar-refractivity contribution in [3.05, 3.63) is 0 Å². The molecule has 1 amide bonds. The van der Waals surface area contributed by atoms with E-state index in [1.54, 1.807) is 0 Å². The van der Waals surface area contributed by atoms with Crippen LogP contribution < -0.4 is 5.32 Å². The van der Waals surface area contributed by atoms with Crippen LogP contribution in [0.3, 0.4) is 0 Å². The lowest BCUT2D eigenvalue weighted by atomic mass is 10.1. The van der Waals surface area contributed by atoms with Gasteiger partial charge in [0.15, 0.2) is 0 Å². The van der Waals surface area contributed by atoms with Crippen LogP contribution in [-0.4, -0.2) is 37.0 Å². The highest BCUT2D eigenvalue weighted by molar-refractivity contribution is 5.75. The summed E-state index contributed by atoms with van der Waals surface area (Å²) in [4.78, 5) is 13.8. The van der Waals surface area contributed by atoms with Crippen molar-refractivity contribution in [3.63, 3.8) is 0 Å². The van der Waals surface area contributed by atoms with Crippen molar-refractivity contribution in [1.29, 1.82) is 0 Å². The minimum Gasteiger partial charge on any atom is -0.356 e. The van der Waals surface area contributed by atoms with E-state index < -0.39 is 0 Å². The fourth-order valence-electron chi connectivity index (χ4n) is 1.87. The van der Waals surface area contributed by atoms with Crippen molar-refractivity contribution in [2.24, 2.45) is 0 Å². The molecule has 0 aliphatic rings. The fourth-order valence-corrected chi connectivity index (χ4v) is 1.87. The fraction of sp³-hybridized carbons (Fsp3) is 0.929. The molecule has 0 saturated carbocycles. The molecule has 0 aliphatic heterocycles. The Kier molecular flexibility index (Phi) is 11.5. The third-order valence-electron chi connectivity index (χ3n) is 3.13. The highest BCUT2D eigenvalue weighted by Crippen LogP contribution is 2.01. The number of amides is 1. The summed E-state index contributed by atoms with van der Waals surface area (Å²) >= 11 is 0. The molecule has 0 rings (SSSR count). The molecule has 3 nitrogen and oxygen atoms in total. The molecule has 0 aromatic rings. The van der Waals surface area contributed by atoms with Gasteiger partial charge in [-0.1, -0.05) is 40.0 Å². The maximum Gasteiger partial charge on any atom is 0.219 e. The van der Waals surface area contributed by atoms with E-state index >= 15 is 0 Å². The summed E-state index contributed by atoms with van der Waals surface area (Å²) in [5, 5.41) is 3.00. The summed E-state index contributed by atoms with van der Waals surface area (Å²) in [5.74, 6) is 0.223. The maximum absolute atomic E-state index is 11.5. The zero-order valence-corrected chi connectivity index (χ0v) is 11.9. The quantitative estimate of drug-likeness (QED) is 0.565. The zero-order chi connectivity index (χ0) is 12.9. The molecular formula is C14H30N2O. The van der Waals surface area contributed by atoms with E-state index in [9.17, 15) is 4.79 Å². The number of rotatable bonds is 11. The van der Waals surface area contributed by atoms with E-state index in [2.05, 4.69) is 31.0 Å². The Balaban J connectivity index is 3.32. The number of unbranched alkanes of at least 4 members (excludes halogenated alkanes) is 3. The van der Waals surface area contributed by atoms with Crippen molar-refractivity contribution >= 4 is 5.91 Å². The van der Waals surface area contributed by atoms with E-state index in [0.717, 1.165) is 39.0 Å². The van der Waals surface area contributed by atoms with Gasteiger partial charge in [0.1, 0.15) is 0 Å². The van der Waals surface area contributed by atoms with Crippen molar-refractivity contribution < 1.29 is 4.79 Å². The van der Waals surface area contributed by atoms with Crippen molar-refractivity contribution in [2.45, 2.75) is 59.3 Å². The van der Waals surface area contributed by atoms with E-state index in [1.807, 2.05) is 0 Å². The topological polar surface area (TPSA) is 32.3 Å². The van der Waals surface area contributed by atoms with E-state index in [0.29, 0.717) is 6.42 Å². The van der Waals surface area contributed by atoms with Crippen LogP contribution in [0.5, 0.6) is 0 Å². The number of carbonyl (C=O) groups is 1. The molecule has 0 spiro atoms. The Bertz CT molecular complexity index is 179. The van der Waals surface area contributed by atoms with Gasteiger partial charge in [-0.2, -0.15) is 0 Å². The van der Waals surface area contributed by atoms with Crippen molar-refractivity contribution in [1.82, 2.24) is 10.2 Å². The van der Waals surface area contributed by atoms with E-state index in [-0.39, 0.29) is 5.91 Å². The first-order valence-corrected chi connectivity index (χ1v) is 7.23. The average molecular weight is 242 g/mol. The standard InChI is InChI=1S/C14H30N2O/c1-4-7-8-9-11-14(17)15-12-10-13-16(5-2)6-3/h4-13H2,1-3H3,(H,15,17). The van der Waals surface area contributed by atoms with Gasteiger partial charge in [-0.3, -0.25) is 4.79 Å². The van der Waals surface area contributed by atoms with Gasteiger partial charge < -0.3 is 10.2 Å². The Hall–Kier alpha value is -0.570. The predicted octanol–water partition coefficient (Wildman–Crippen LogP) is 2.80. The van der Waals surface area contributed by atoms with Crippen LogP contribution in [0.1, 0.15) is 59.3 Å². The summed E-state index contributed by atoms with van der Waals surface area (Å²) in [5.41, 5.74) is 0. The van der Waals surface area contributed by atoms with Gasteiger partial charge >= 0.3 is 0 Å². The first-order valence-electron chi connectivity index (χ1n) is 7.23. The summed E-state index contributed by atoms with van der Waals surface area (Å²) in [6.45, 7) is 10.6. The smallest absolute Gasteiger partial charge is 0.219 e. The normalized spacial score (nSPS) is 10.8. The number of hydrogen-bond donors (Lipinski definition) is 1. The molecule has 0 atom stereocenters. The van der Waals surface area contributed by atoms with Crippen LogP contribution in [0.2, 0.25) is 0 Å². The maximum atomic E-state index is 11.5. The monoisotopic (exact) mass is 242 g/mol. The highest BCUT2D eigenvalue weighted by Gasteiger charge is 2.01. The minimum absolute atomic E-state index is 0.223. The molecule has 0 saturated heterocycles. The van der Waals surface area contributed by atoms with Crippen molar-refractivity contribution in [3.8, 4) is 0 Å². The number of nitrogens with one attached hydrogen (secondary N) is 1. The molecule has 3 heteroatoms. The Labute approximate surface area is 107 Å². The molecule has 102 valence electrons. The molecule has 0 aromatic carbocycles. The molecule has 0 aromatic heterocycles. The lowest BCUT2D eigenvalue weighted by molar-refractivity contribution is -0.121. The summed E-state index contributed by atoms with van der Waals surface area (Å²) in [6, 6.07) is 0. The Morgan fingerprint density at radius 3 is 2.29 bits per heavy atom. The van der Waals surface area contributed by atoms with Crippen LogP contribution in [0.25, 0.3) is 0 Å². The molecule has 0 fully saturated rings. The molecule has 1 N–H and O–H groups in total. The summed E-state index contributed by atoms with van der Waals surface area (Å²) < 4.78 is 0. The van der Waals surface area contributed by atoms with Crippen LogP contribution in [0.4, 0.5) is 0 Å². The second kappa shape index (κ2) is 11.9. The summed E-state index contributed by atoms with van der Waals surface area (Å²) in [7, 11) is 0. The molecule has 0 heterocycles. The average Bonchev–Trinajstić information content (AvgIpc) is 2.35. The SMILES string of the molecule is CCCCCCC(=O)NCCCN(CC)CC. The summed E-state index contributed by atoms with van der Waals surface area (Å²) in [6.07, 6.45) is 6.45. The van der Waals surface area contributed by atoms with E-state index in [4.69, 9.17) is 0 Å². The van der Waals surface area contributed by atoms with Crippen LogP contribution >= 0.6 is 0 Å². The molecule has 0 bridgehead atoms. The van der Waals surface area contributed by atoms with Gasteiger partial charge in [-0.05, 0) is 32.5 Å².